The van der Waals surface area contributed by atoms with Crippen molar-refractivity contribution in [3.8, 4) is 0 Å². The summed E-state index contributed by atoms with van der Waals surface area (Å²) in [6, 6.07) is 7.35. The zero-order valence-corrected chi connectivity index (χ0v) is 19.3. The Morgan fingerprint density at radius 3 is 2.87 bits per heavy atom. The number of halogens is 1. The van der Waals surface area contributed by atoms with Crippen LogP contribution in [0.5, 0.6) is 0 Å². The highest BCUT2D eigenvalue weighted by atomic mass is 35.5. The van der Waals surface area contributed by atoms with Crippen LogP contribution in [-0.4, -0.2) is 56.4 Å². The average molecular weight is 502 g/mol. The van der Waals surface area contributed by atoms with Crippen LogP contribution in [0.1, 0.15) is 6.23 Å². The van der Waals surface area contributed by atoms with Crippen molar-refractivity contribution in [2.75, 3.05) is 19.5 Å². The van der Waals surface area contributed by atoms with E-state index in [-0.39, 0.29) is 12.4 Å². The molecule has 3 N–H and O–H groups in total. The smallest absolute Gasteiger partial charge is 0.325 e. The minimum absolute atomic E-state index is 0.0955. The largest absolute Gasteiger partial charge is 0.382 e. The Morgan fingerprint density at radius 1 is 1.35 bits per heavy atom. The van der Waals surface area contributed by atoms with Crippen LogP contribution in [0.2, 0.25) is 5.02 Å². The molecule has 5 atom stereocenters. The first-order valence-electron chi connectivity index (χ1n) is 9.12. The summed E-state index contributed by atoms with van der Waals surface area (Å²) in [5, 5.41) is 1.20. The first kappa shape index (κ1) is 21.5. The van der Waals surface area contributed by atoms with Gasteiger partial charge in [0.2, 0.25) is 0 Å². The summed E-state index contributed by atoms with van der Waals surface area (Å²) in [6.45, 7) is -3.26. The molecule has 3 aromatic rings. The van der Waals surface area contributed by atoms with E-state index < -0.39 is 31.3 Å². The number of ether oxygens (including phenoxy) is 2. The van der Waals surface area contributed by atoms with Crippen LogP contribution >= 0.6 is 30.1 Å². The van der Waals surface area contributed by atoms with Gasteiger partial charge >= 0.3 is 6.72 Å². The molecule has 4 heterocycles. The molecule has 10 nitrogen and oxygen atoms in total. The zero-order valence-electron chi connectivity index (χ0n) is 16.0. The second-order valence-corrected chi connectivity index (χ2v) is 11.1. The van der Waals surface area contributed by atoms with Gasteiger partial charge in [0, 0.05) is 17.0 Å². The summed E-state index contributed by atoms with van der Waals surface area (Å²) in [5.74, 6) is 0.247. The van der Waals surface area contributed by atoms with E-state index in [1.807, 2.05) is 12.1 Å². The van der Waals surface area contributed by atoms with Crippen LogP contribution in [-0.2, 0) is 30.3 Å². The van der Waals surface area contributed by atoms with Gasteiger partial charge in [0.1, 0.15) is 24.6 Å². The Morgan fingerprint density at radius 2 is 2.13 bits per heavy atom. The van der Waals surface area contributed by atoms with Crippen molar-refractivity contribution in [3.05, 3.63) is 35.6 Å². The predicted octanol–water partition coefficient (Wildman–Crippen LogP) is 2.76. The molecule has 2 unspecified atom stereocenters. The van der Waals surface area contributed by atoms with Crippen LogP contribution in [0.15, 0.2) is 40.6 Å². The Labute approximate surface area is 191 Å². The molecule has 164 valence electrons. The number of hydrogen-bond acceptors (Lipinski definition) is 10. The summed E-state index contributed by atoms with van der Waals surface area (Å²) in [5.41, 5.74) is 6.98. The average Bonchev–Trinajstić information content (AvgIpc) is 3.26. The maximum Gasteiger partial charge on any atom is 0.325 e. The molecule has 1 aromatic carbocycles. The Balaban J connectivity index is 1.60. The fourth-order valence-corrected chi connectivity index (χ4v) is 6.07. The molecule has 0 aliphatic carbocycles. The molecule has 0 spiro atoms. The third-order valence-corrected chi connectivity index (χ3v) is 7.75. The van der Waals surface area contributed by atoms with Gasteiger partial charge < -0.3 is 24.6 Å². The summed E-state index contributed by atoms with van der Waals surface area (Å²) in [4.78, 5) is 24.1. The van der Waals surface area contributed by atoms with E-state index in [1.54, 1.807) is 16.7 Å². The van der Waals surface area contributed by atoms with Crippen LogP contribution in [0.3, 0.4) is 0 Å². The molecule has 0 bridgehead atoms. The zero-order chi connectivity index (χ0) is 21.8. The SMILES string of the molecule is CO[C@H]1C2OP(O)(=S)OC[C@H]2O[C@H]1n1c(Sc2ccc(Cl)cc2)nc2c(N)ncnc21. The maximum absolute atomic E-state index is 10.1. The summed E-state index contributed by atoms with van der Waals surface area (Å²) in [6.07, 6.45) is -0.996. The van der Waals surface area contributed by atoms with Gasteiger partial charge in [-0.15, -0.1) is 0 Å². The molecule has 0 radical (unpaired) electrons. The molecule has 2 aromatic heterocycles. The van der Waals surface area contributed by atoms with Gasteiger partial charge in [0.05, 0.1) is 6.61 Å². The van der Waals surface area contributed by atoms with Gasteiger partial charge in [0.25, 0.3) is 0 Å². The molecule has 14 heteroatoms. The molecular formula is C17H17ClN5O5PS2. The monoisotopic (exact) mass is 501 g/mol. The number of nitrogens with zero attached hydrogens (tertiary/aromatic N) is 4. The number of nitrogens with two attached hydrogens (primary N) is 1. The lowest BCUT2D eigenvalue weighted by Crippen LogP contribution is -2.40. The van der Waals surface area contributed by atoms with Gasteiger partial charge in [-0.1, -0.05) is 23.4 Å². The van der Waals surface area contributed by atoms with Gasteiger partial charge in [-0.2, -0.15) is 0 Å². The highest BCUT2D eigenvalue weighted by molar-refractivity contribution is 8.07. The number of imidazole rings is 1. The van der Waals surface area contributed by atoms with E-state index in [1.165, 1.54) is 25.2 Å². The maximum atomic E-state index is 10.1. The normalized spacial score (nSPS) is 30.5. The van der Waals surface area contributed by atoms with Gasteiger partial charge in [-0.25, -0.2) is 15.0 Å². The van der Waals surface area contributed by atoms with Crippen molar-refractivity contribution in [1.29, 1.82) is 0 Å². The molecule has 2 aliphatic heterocycles. The lowest BCUT2D eigenvalue weighted by atomic mass is 10.1. The minimum Gasteiger partial charge on any atom is -0.382 e. The van der Waals surface area contributed by atoms with Gasteiger partial charge in [-0.3, -0.25) is 9.09 Å². The van der Waals surface area contributed by atoms with Crippen LogP contribution in [0.4, 0.5) is 5.82 Å². The highest BCUT2D eigenvalue weighted by Gasteiger charge is 2.52. The van der Waals surface area contributed by atoms with E-state index in [4.69, 9.17) is 47.7 Å². The van der Waals surface area contributed by atoms with E-state index in [0.29, 0.717) is 21.3 Å². The highest BCUT2D eigenvalue weighted by Crippen LogP contribution is 2.53. The lowest BCUT2D eigenvalue weighted by Gasteiger charge is -2.31. The Kier molecular flexibility index (Phi) is 5.70. The van der Waals surface area contributed by atoms with Crippen molar-refractivity contribution in [2.45, 2.75) is 34.6 Å². The van der Waals surface area contributed by atoms with E-state index in [0.717, 1.165) is 4.90 Å². The van der Waals surface area contributed by atoms with Crippen LogP contribution < -0.4 is 5.73 Å². The van der Waals surface area contributed by atoms with Gasteiger partial charge in [-0.05, 0) is 36.1 Å². The van der Waals surface area contributed by atoms with Crippen molar-refractivity contribution in [2.24, 2.45) is 0 Å². The van der Waals surface area contributed by atoms with Crippen molar-refractivity contribution in [1.82, 2.24) is 19.5 Å². The van der Waals surface area contributed by atoms with Crippen molar-refractivity contribution >= 4 is 58.9 Å². The third-order valence-electron chi connectivity index (χ3n) is 4.96. The van der Waals surface area contributed by atoms with E-state index >= 15 is 0 Å². The van der Waals surface area contributed by atoms with Crippen molar-refractivity contribution in [3.63, 3.8) is 0 Å². The first-order chi connectivity index (χ1) is 14.9. The standard InChI is InChI=1S/C17H17ClN5O5PS2/c1-25-13-12-10(6-26-29(24,30)28-12)27-16(13)23-15-11(14(19)20-7-21-15)22-17(23)31-9-4-2-8(18)3-5-9/h2-5,7,10,12-13,16H,6H2,1H3,(H,24,30)(H2,19,20,21)/t10-,12?,13+,16-,29?/m1/s1. The fourth-order valence-electron chi connectivity index (χ4n) is 3.60. The number of nitrogen functional groups attached to an aromatic ring is 1. The number of hydrogen-bond donors (Lipinski definition) is 2. The van der Waals surface area contributed by atoms with E-state index in [9.17, 15) is 4.89 Å². The number of fused-ring (bicyclic) bond motifs is 2. The third kappa shape index (κ3) is 3.97. The number of anilines is 1. The van der Waals surface area contributed by atoms with E-state index in [2.05, 4.69) is 15.0 Å². The van der Waals surface area contributed by atoms with Gasteiger partial charge in [0.15, 0.2) is 28.4 Å². The molecule has 31 heavy (non-hydrogen) atoms. The number of rotatable bonds is 4. The predicted molar refractivity (Wildman–Crippen MR) is 117 cm³/mol. The molecule has 0 amide bonds. The molecule has 5 rings (SSSR count). The Hall–Kier alpha value is -1.34. The topological polar surface area (TPSA) is 127 Å². The minimum atomic E-state index is -3.35. The lowest BCUT2D eigenvalue weighted by molar-refractivity contribution is -0.0641. The summed E-state index contributed by atoms with van der Waals surface area (Å²) < 4.78 is 24.6. The molecular weight excluding hydrogens is 485 g/mol. The van der Waals surface area contributed by atoms with Crippen LogP contribution in [0, 0.1) is 0 Å². The molecule has 2 saturated heterocycles. The first-order valence-corrected chi connectivity index (χ1v) is 12.9. The molecule has 2 aliphatic rings. The second-order valence-electron chi connectivity index (χ2n) is 6.85. The molecule has 0 saturated carbocycles. The quantitative estimate of drug-likeness (QED) is 0.512. The Bertz CT molecular complexity index is 1180. The summed E-state index contributed by atoms with van der Waals surface area (Å²) >= 11 is 12.4. The fraction of sp³-hybridized carbons (Fsp3) is 0.353. The molecule has 2 fully saturated rings. The number of benzene rings is 1. The van der Waals surface area contributed by atoms with Crippen LogP contribution in [0.25, 0.3) is 11.2 Å². The van der Waals surface area contributed by atoms with Crippen molar-refractivity contribution < 1.29 is 23.4 Å². The number of aromatic nitrogens is 4. The summed E-state index contributed by atoms with van der Waals surface area (Å²) in [7, 11) is 1.54. The number of methoxy groups -OCH3 is 1. The second kappa shape index (κ2) is 8.22.